The van der Waals surface area contributed by atoms with Crippen molar-refractivity contribution in [2.24, 2.45) is 0 Å². The lowest BCUT2D eigenvalue weighted by Gasteiger charge is -2.02. The van der Waals surface area contributed by atoms with Crippen LogP contribution in [-0.2, 0) is 11.2 Å². The molecule has 16 heavy (non-hydrogen) atoms. The Morgan fingerprint density at radius 2 is 2.25 bits per heavy atom. The van der Waals surface area contributed by atoms with Gasteiger partial charge < -0.3 is 10.1 Å². The average molecular weight is 221 g/mol. The Balaban J connectivity index is 2.46. The second kappa shape index (κ2) is 3.96. The lowest BCUT2D eigenvalue weighted by Crippen LogP contribution is -1.98. The van der Waals surface area contributed by atoms with E-state index in [4.69, 9.17) is 5.11 Å². The molecule has 4 heteroatoms. The molecule has 0 fully saturated rings. The van der Waals surface area contributed by atoms with Crippen LogP contribution in [0.4, 0.5) is 4.39 Å². The van der Waals surface area contributed by atoms with Crippen molar-refractivity contribution in [3.63, 3.8) is 0 Å². The van der Waals surface area contributed by atoms with Crippen molar-refractivity contribution in [3.05, 3.63) is 35.3 Å². The summed E-state index contributed by atoms with van der Waals surface area (Å²) in [6.07, 6.45) is 2.15. The maximum absolute atomic E-state index is 13.3. The first-order valence-corrected chi connectivity index (χ1v) is 5.06. The third-order valence-electron chi connectivity index (χ3n) is 2.65. The van der Waals surface area contributed by atoms with E-state index in [0.29, 0.717) is 12.0 Å². The summed E-state index contributed by atoms with van der Waals surface area (Å²) in [5.74, 6) is -1.20. The van der Waals surface area contributed by atoms with Crippen LogP contribution < -0.4 is 0 Å². The maximum atomic E-state index is 13.3. The van der Waals surface area contributed by atoms with Crippen molar-refractivity contribution in [2.75, 3.05) is 0 Å². The number of aromatic nitrogens is 1. The lowest BCUT2D eigenvalue weighted by molar-refractivity contribution is -0.136. The van der Waals surface area contributed by atoms with Crippen LogP contribution in [0.15, 0.2) is 18.3 Å². The number of rotatable bonds is 3. The van der Waals surface area contributed by atoms with Gasteiger partial charge in [0.1, 0.15) is 5.82 Å². The number of fused-ring (bicyclic) bond motifs is 1. The van der Waals surface area contributed by atoms with Gasteiger partial charge in [-0.2, -0.15) is 0 Å². The fraction of sp³-hybridized carbons (Fsp3) is 0.250. The first-order chi connectivity index (χ1) is 7.58. The molecule has 0 unspecified atom stereocenters. The van der Waals surface area contributed by atoms with Crippen molar-refractivity contribution in [2.45, 2.75) is 19.8 Å². The highest BCUT2D eigenvalue weighted by Gasteiger charge is 2.09. The van der Waals surface area contributed by atoms with Crippen molar-refractivity contribution in [3.8, 4) is 0 Å². The van der Waals surface area contributed by atoms with Gasteiger partial charge in [-0.05, 0) is 36.6 Å². The molecule has 1 aromatic carbocycles. The monoisotopic (exact) mass is 221 g/mol. The van der Waals surface area contributed by atoms with E-state index in [2.05, 4.69) is 4.98 Å². The molecular weight excluding hydrogens is 209 g/mol. The third-order valence-corrected chi connectivity index (χ3v) is 2.65. The molecule has 0 atom stereocenters. The summed E-state index contributed by atoms with van der Waals surface area (Å²) < 4.78 is 13.3. The van der Waals surface area contributed by atoms with E-state index in [1.807, 2.05) is 6.92 Å². The molecule has 1 heterocycles. The second-order valence-corrected chi connectivity index (χ2v) is 3.85. The largest absolute Gasteiger partial charge is 0.481 e. The van der Waals surface area contributed by atoms with Crippen molar-refractivity contribution < 1.29 is 14.3 Å². The summed E-state index contributed by atoms with van der Waals surface area (Å²) in [5.41, 5.74) is 2.51. The number of hydrogen-bond donors (Lipinski definition) is 2. The van der Waals surface area contributed by atoms with E-state index in [1.54, 1.807) is 6.20 Å². The Hall–Kier alpha value is -1.84. The Bertz CT molecular complexity index is 545. The Morgan fingerprint density at radius 1 is 1.50 bits per heavy atom. The van der Waals surface area contributed by atoms with Crippen LogP contribution in [0.2, 0.25) is 0 Å². The van der Waals surface area contributed by atoms with E-state index in [9.17, 15) is 9.18 Å². The number of carbonyl (C=O) groups is 1. The number of hydrogen-bond acceptors (Lipinski definition) is 1. The fourth-order valence-electron chi connectivity index (χ4n) is 1.84. The van der Waals surface area contributed by atoms with Crippen LogP contribution in [-0.4, -0.2) is 16.1 Å². The number of carboxylic acid groups (broad SMARTS) is 1. The van der Waals surface area contributed by atoms with Gasteiger partial charge in [0.05, 0.1) is 0 Å². The molecule has 0 radical (unpaired) electrons. The minimum absolute atomic E-state index is 0.0105. The molecule has 0 saturated heterocycles. The molecule has 0 aliphatic heterocycles. The third kappa shape index (κ3) is 1.91. The SMILES string of the molecule is Cc1c[nH]c2c(CCC(=O)O)cc(F)cc12. The van der Waals surface area contributed by atoms with E-state index in [0.717, 1.165) is 16.5 Å². The van der Waals surface area contributed by atoms with Crippen LogP contribution in [0.5, 0.6) is 0 Å². The maximum Gasteiger partial charge on any atom is 0.303 e. The van der Waals surface area contributed by atoms with Crippen LogP contribution in [0.3, 0.4) is 0 Å². The van der Waals surface area contributed by atoms with Gasteiger partial charge in [-0.25, -0.2) is 4.39 Å². The van der Waals surface area contributed by atoms with Gasteiger partial charge >= 0.3 is 5.97 Å². The molecule has 84 valence electrons. The molecule has 2 rings (SSSR count). The van der Waals surface area contributed by atoms with Gasteiger partial charge in [0.2, 0.25) is 0 Å². The van der Waals surface area contributed by atoms with Crippen molar-refractivity contribution >= 4 is 16.9 Å². The Kier molecular flexibility index (Phi) is 2.64. The van der Waals surface area contributed by atoms with Gasteiger partial charge in [-0.15, -0.1) is 0 Å². The summed E-state index contributed by atoms with van der Waals surface area (Å²) in [4.78, 5) is 13.5. The summed E-state index contributed by atoms with van der Waals surface area (Å²) in [6, 6.07) is 2.85. The van der Waals surface area contributed by atoms with Crippen LogP contribution in [0.1, 0.15) is 17.5 Å². The van der Waals surface area contributed by atoms with Crippen molar-refractivity contribution in [1.82, 2.24) is 4.98 Å². The number of H-pyrrole nitrogens is 1. The first kappa shape index (κ1) is 10.7. The van der Waals surface area contributed by atoms with Crippen LogP contribution in [0, 0.1) is 12.7 Å². The fourth-order valence-corrected chi connectivity index (χ4v) is 1.84. The van der Waals surface area contributed by atoms with Crippen LogP contribution >= 0.6 is 0 Å². The minimum Gasteiger partial charge on any atom is -0.481 e. The minimum atomic E-state index is -0.874. The highest BCUT2D eigenvalue weighted by molar-refractivity contribution is 5.86. The zero-order valence-electron chi connectivity index (χ0n) is 8.88. The standard InChI is InChI=1S/C12H12FNO2/c1-7-6-14-12-8(2-3-11(15)16)4-9(13)5-10(7)12/h4-6,14H,2-3H2,1H3,(H,15,16). The summed E-state index contributed by atoms with van der Waals surface area (Å²) in [5, 5.41) is 9.44. The number of nitrogens with one attached hydrogen (secondary N) is 1. The molecule has 0 spiro atoms. The Morgan fingerprint density at radius 3 is 2.94 bits per heavy atom. The highest BCUT2D eigenvalue weighted by atomic mass is 19.1. The molecule has 0 bridgehead atoms. The number of halogens is 1. The predicted octanol–water partition coefficient (Wildman–Crippen LogP) is 2.63. The number of carboxylic acids is 1. The van der Waals surface area contributed by atoms with Gasteiger partial charge in [-0.3, -0.25) is 4.79 Å². The number of benzene rings is 1. The van der Waals surface area contributed by atoms with Gasteiger partial charge in [0.15, 0.2) is 0 Å². The zero-order valence-corrected chi connectivity index (χ0v) is 8.88. The van der Waals surface area contributed by atoms with Gasteiger partial charge in [-0.1, -0.05) is 0 Å². The second-order valence-electron chi connectivity index (χ2n) is 3.85. The lowest BCUT2D eigenvalue weighted by atomic mass is 10.0. The number of aryl methyl sites for hydroxylation is 2. The molecule has 3 nitrogen and oxygen atoms in total. The molecule has 0 aliphatic carbocycles. The van der Waals surface area contributed by atoms with E-state index >= 15 is 0 Å². The normalized spacial score (nSPS) is 10.9. The number of aliphatic carboxylic acids is 1. The molecule has 0 saturated carbocycles. The summed E-state index contributed by atoms with van der Waals surface area (Å²) in [6.45, 7) is 1.89. The molecule has 0 amide bonds. The predicted molar refractivity (Wildman–Crippen MR) is 59.0 cm³/mol. The Labute approximate surface area is 91.9 Å². The molecule has 1 aromatic heterocycles. The zero-order chi connectivity index (χ0) is 11.7. The highest BCUT2D eigenvalue weighted by Crippen LogP contribution is 2.23. The van der Waals surface area contributed by atoms with Gasteiger partial charge in [0.25, 0.3) is 0 Å². The topological polar surface area (TPSA) is 53.1 Å². The van der Waals surface area contributed by atoms with E-state index in [1.165, 1.54) is 12.1 Å². The molecular formula is C12H12FNO2. The van der Waals surface area contributed by atoms with E-state index in [-0.39, 0.29) is 12.2 Å². The quantitative estimate of drug-likeness (QED) is 0.837. The summed E-state index contributed by atoms with van der Waals surface area (Å²) >= 11 is 0. The summed E-state index contributed by atoms with van der Waals surface area (Å²) in [7, 11) is 0. The smallest absolute Gasteiger partial charge is 0.303 e. The van der Waals surface area contributed by atoms with Crippen molar-refractivity contribution in [1.29, 1.82) is 0 Å². The van der Waals surface area contributed by atoms with Gasteiger partial charge in [0, 0.05) is 23.5 Å². The van der Waals surface area contributed by atoms with Crippen LogP contribution in [0.25, 0.3) is 10.9 Å². The molecule has 2 N–H and O–H groups in total. The molecule has 0 aliphatic rings. The average Bonchev–Trinajstić information content (AvgIpc) is 2.57. The number of aromatic amines is 1. The first-order valence-electron chi connectivity index (χ1n) is 5.06. The van der Waals surface area contributed by atoms with E-state index < -0.39 is 5.97 Å². The molecule has 2 aromatic rings.